The molecule has 86 valence electrons. The van der Waals surface area contributed by atoms with Crippen LogP contribution in [0.25, 0.3) is 0 Å². The monoisotopic (exact) mass is 216 g/mol. The lowest BCUT2D eigenvalue weighted by Gasteiger charge is -2.34. The number of amides is 2. The Hall–Kier alpha value is -1.30. The van der Waals surface area contributed by atoms with Gasteiger partial charge in [0, 0.05) is 13.6 Å². The molecule has 1 aliphatic carbocycles. The number of carboxylic acids is 1. The van der Waals surface area contributed by atoms with Crippen LogP contribution in [0.2, 0.25) is 0 Å². The van der Waals surface area contributed by atoms with Crippen LogP contribution in [0.3, 0.4) is 0 Å². The van der Waals surface area contributed by atoms with E-state index in [-0.39, 0.29) is 12.6 Å². The summed E-state index contributed by atoms with van der Waals surface area (Å²) in [5, 5.41) is 19.7. The number of aliphatic hydroxyl groups excluding tert-OH is 1. The Kier molecular flexibility index (Phi) is 3.90. The highest BCUT2D eigenvalue weighted by Crippen LogP contribution is 2.27. The molecule has 0 saturated heterocycles. The first-order valence-electron chi connectivity index (χ1n) is 4.88. The Balaban J connectivity index is 2.18. The molecule has 1 fully saturated rings. The van der Waals surface area contributed by atoms with E-state index in [0.29, 0.717) is 12.5 Å². The smallest absolute Gasteiger partial charge is 0.323 e. The van der Waals surface area contributed by atoms with Crippen molar-refractivity contribution in [3.05, 3.63) is 0 Å². The molecule has 15 heavy (non-hydrogen) atoms. The van der Waals surface area contributed by atoms with E-state index in [0.717, 1.165) is 12.8 Å². The van der Waals surface area contributed by atoms with E-state index >= 15 is 0 Å². The molecule has 1 saturated carbocycles. The van der Waals surface area contributed by atoms with E-state index in [1.54, 1.807) is 7.05 Å². The van der Waals surface area contributed by atoms with Gasteiger partial charge in [0.25, 0.3) is 0 Å². The van der Waals surface area contributed by atoms with Crippen LogP contribution in [0.15, 0.2) is 0 Å². The molecule has 0 heterocycles. The maximum atomic E-state index is 11.3. The van der Waals surface area contributed by atoms with Crippen molar-refractivity contribution in [3.8, 4) is 0 Å². The number of carboxylic acid groups (broad SMARTS) is 1. The molecule has 0 aromatic heterocycles. The maximum Gasteiger partial charge on any atom is 0.323 e. The van der Waals surface area contributed by atoms with Crippen molar-refractivity contribution >= 4 is 12.0 Å². The molecule has 2 amide bonds. The highest BCUT2D eigenvalue weighted by atomic mass is 16.4. The first-order valence-corrected chi connectivity index (χ1v) is 4.88. The number of rotatable bonds is 4. The molecule has 0 spiro atoms. The normalized spacial score (nSPS) is 24.1. The van der Waals surface area contributed by atoms with Crippen LogP contribution >= 0.6 is 0 Å². The van der Waals surface area contributed by atoms with Crippen molar-refractivity contribution < 1.29 is 19.8 Å². The van der Waals surface area contributed by atoms with Crippen molar-refractivity contribution in [1.29, 1.82) is 0 Å². The zero-order chi connectivity index (χ0) is 11.4. The summed E-state index contributed by atoms with van der Waals surface area (Å²) in [5.74, 6) is -0.726. The summed E-state index contributed by atoms with van der Waals surface area (Å²) in [7, 11) is 1.61. The molecule has 0 bridgehead atoms. The second-order valence-corrected chi connectivity index (χ2v) is 3.92. The third kappa shape index (κ3) is 3.75. The van der Waals surface area contributed by atoms with Crippen molar-refractivity contribution in [2.45, 2.75) is 18.9 Å². The number of carbonyl (C=O) groups excluding carboxylic acids is 1. The molecule has 0 unspecified atom stereocenters. The van der Waals surface area contributed by atoms with Crippen LogP contribution in [0.5, 0.6) is 0 Å². The molecule has 0 radical (unpaired) electrons. The zero-order valence-corrected chi connectivity index (χ0v) is 8.64. The standard InChI is InChI=1S/C9H16N2O4/c1-11(5-6-2-7(12)3-6)9(15)10-4-8(13)14/h6-7,12H,2-5H2,1H3,(H,10,15)(H,13,14). The highest BCUT2D eigenvalue weighted by molar-refractivity contribution is 5.79. The number of hydrogen-bond donors (Lipinski definition) is 3. The van der Waals surface area contributed by atoms with E-state index in [4.69, 9.17) is 10.2 Å². The number of aliphatic hydroxyl groups is 1. The molecule has 0 aromatic rings. The predicted molar refractivity (Wildman–Crippen MR) is 52.4 cm³/mol. The molecule has 6 heteroatoms. The first kappa shape index (κ1) is 11.8. The summed E-state index contributed by atoms with van der Waals surface area (Å²) >= 11 is 0. The van der Waals surface area contributed by atoms with Crippen molar-refractivity contribution in [3.63, 3.8) is 0 Å². The van der Waals surface area contributed by atoms with Crippen molar-refractivity contribution in [1.82, 2.24) is 10.2 Å². The lowest BCUT2D eigenvalue weighted by molar-refractivity contribution is -0.135. The predicted octanol–water partition coefficient (Wildman–Crippen LogP) is -0.517. The third-order valence-electron chi connectivity index (χ3n) is 2.48. The van der Waals surface area contributed by atoms with E-state index in [2.05, 4.69) is 5.32 Å². The van der Waals surface area contributed by atoms with Gasteiger partial charge < -0.3 is 20.4 Å². The number of urea groups is 1. The van der Waals surface area contributed by atoms with Gasteiger partial charge in [-0.3, -0.25) is 4.79 Å². The van der Waals surface area contributed by atoms with Crippen molar-refractivity contribution in [2.24, 2.45) is 5.92 Å². The average molecular weight is 216 g/mol. The maximum absolute atomic E-state index is 11.3. The molecular formula is C9H16N2O4. The Morgan fingerprint density at radius 1 is 1.47 bits per heavy atom. The second kappa shape index (κ2) is 4.97. The fourth-order valence-electron chi connectivity index (χ4n) is 1.61. The summed E-state index contributed by atoms with van der Waals surface area (Å²) in [6.45, 7) is 0.193. The summed E-state index contributed by atoms with van der Waals surface area (Å²) in [4.78, 5) is 22.9. The van der Waals surface area contributed by atoms with Gasteiger partial charge in [0.1, 0.15) is 6.54 Å². The van der Waals surface area contributed by atoms with Crippen LogP contribution in [0.4, 0.5) is 4.79 Å². The van der Waals surface area contributed by atoms with Gasteiger partial charge in [-0.15, -0.1) is 0 Å². The summed E-state index contributed by atoms with van der Waals surface area (Å²) in [6.07, 6.45) is 1.21. The van der Waals surface area contributed by atoms with Crippen LogP contribution in [-0.2, 0) is 4.79 Å². The van der Waals surface area contributed by atoms with E-state index in [1.165, 1.54) is 4.90 Å². The minimum absolute atomic E-state index is 0.231. The fraction of sp³-hybridized carbons (Fsp3) is 0.778. The molecule has 6 nitrogen and oxygen atoms in total. The van der Waals surface area contributed by atoms with E-state index in [9.17, 15) is 9.59 Å². The number of aliphatic carboxylic acids is 1. The lowest BCUT2D eigenvalue weighted by Crippen LogP contribution is -2.44. The molecule has 1 rings (SSSR count). The third-order valence-corrected chi connectivity index (χ3v) is 2.48. The van der Waals surface area contributed by atoms with Gasteiger partial charge in [-0.2, -0.15) is 0 Å². The minimum Gasteiger partial charge on any atom is -0.480 e. The Bertz CT molecular complexity index is 250. The largest absolute Gasteiger partial charge is 0.480 e. The molecular weight excluding hydrogens is 200 g/mol. The topological polar surface area (TPSA) is 89.9 Å². The Labute approximate surface area is 87.9 Å². The number of nitrogens with zero attached hydrogens (tertiary/aromatic N) is 1. The summed E-state index contributed by atoms with van der Waals surface area (Å²) in [6, 6.07) is -0.390. The second-order valence-electron chi connectivity index (χ2n) is 3.92. The van der Waals surface area contributed by atoms with Gasteiger partial charge in [0.2, 0.25) is 0 Å². The minimum atomic E-state index is -1.06. The molecule has 3 N–H and O–H groups in total. The van der Waals surface area contributed by atoms with Gasteiger partial charge in [0.15, 0.2) is 0 Å². The van der Waals surface area contributed by atoms with Gasteiger partial charge >= 0.3 is 12.0 Å². The SMILES string of the molecule is CN(CC1CC(O)C1)C(=O)NCC(=O)O. The van der Waals surface area contributed by atoms with Gasteiger partial charge in [0.05, 0.1) is 6.10 Å². The summed E-state index contributed by atoms with van der Waals surface area (Å²) < 4.78 is 0. The number of hydrogen-bond acceptors (Lipinski definition) is 3. The fourth-order valence-corrected chi connectivity index (χ4v) is 1.61. The summed E-state index contributed by atoms with van der Waals surface area (Å²) in [5.41, 5.74) is 0. The van der Waals surface area contributed by atoms with Crippen LogP contribution in [0.1, 0.15) is 12.8 Å². The Morgan fingerprint density at radius 3 is 2.53 bits per heavy atom. The molecule has 0 aliphatic heterocycles. The number of nitrogens with one attached hydrogen (secondary N) is 1. The van der Waals surface area contributed by atoms with Gasteiger partial charge in [-0.1, -0.05) is 0 Å². The average Bonchev–Trinajstić information content (AvgIpc) is 2.11. The molecule has 1 aliphatic rings. The van der Waals surface area contributed by atoms with E-state index in [1.807, 2.05) is 0 Å². The van der Waals surface area contributed by atoms with Crippen LogP contribution in [0, 0.1) is 5.92 Å². The lowest BCUT2D eigenvalue weighted by atomic mass is 9.82. The first-order chi connectivity index (χ1) is 6.99. The number of carbonyl (C=O) groups is 2. The van der Waals surface area contributed by atoms with Crippen LogP contribution in [-0.4, -0.2) is 53.4 Å². The van der Waals surface area contributed by atoms with Gasteiger partial charge in [-0.25, -0.2) is 4.79 Å². The molecule has 0 aromatic carbocycles. The zero-order valence-electron chi connectivity index (χ0n) is 8.64. The van der Waals surface area contributed by atoms with Crippen LogP contribution < -0.4 is 5.32 Å². The molecule has 0 atom stereocenters. The quantitative estimate of drug-likeness (QED) is 0.590. The van der Waals surface area contributed by atoms with Crippen molar-refractivity contribution in [2.75, 3.05) is 20.1 Å². The van der Waals surface area contributed by atoms with Gasteiger partial charge in [-0.05, 0) is 18.8 Å². The van der Waals surface area contributed by atoms with E-state index < -0.39 is 12.0 Å². The highest BCUT2D eigenvalue weighted by Gasteiger charge is 2.28. The Morgan fingerprint density at radius 2 is 2.07 bits per heavy atom.